The lowest BCUT2D eigenvalue weighted by Gasteiger charge is -2.29. The predicted molar refractivity (Wildman–Crippen MR) is 90.4 cm³/mol. The fraction of sp³-hybridized carbons (Fsp3) is 0.526. The molecule has 1 unspecified atom stereocenters. The largest absolute Gasteiger partial charge is 0.377 e. The van der Waals surface area contributed by atoms with Gasteiger partial charge in [0.1, 0.15) is 5.60 Å². The van der Waals surface area contributed by atoms with Crippen molar-refractivity contribution in [3.05, 3.63) is 35.9 Å². The average Bonchev–Trinajstić information content (AvgIpc) is 2.46. The number of ketones is 1. The second-order valence-electron chi connectivity index (χ2n) is 6.34. The minimum atomic E-state index is -1.40. The van der Waals surface area contributed by atoms with Crippen LogP contribution in [-0.2, 0) is 10.4 Å². The first kappa shape index (κ1) is 18.4. The zero-order valence-corrected chi connectivity index (χ0v) is 14.1. The highest BCUT2D eigenvalue weighted by atomic mass is 16.3. The number of benzene rings is 1. The molecule has 0 heterocycles. The summed E-state index contributed by atoms with van der Waals surface area (Å²) in [5.74, 6) is 6.10. The molecule has 0 fully saturated rings. The normalized spacial score (nSPS) is 13.6. The molecule has 0 aliphatic carbocycles. The zero-order chi connectivity index (χ0) is 16.6. The Kier molecular flexibility index (Phi) is 7.31. The Balaban J connectivity index is 2.79. The van der Waals surface area contributed by atoms with Crippen molar-refractivity contribution in [1.82, 2.24) is 4.90 Å². The zero-order valence-electron chi connectivity index (χ0n) is 14.1. The molecule has 0 aromatic heterocycles. The summed E-state index contributed by atoms with van der Waals surface area (Å²) in [7, 11) is 3.91. The molecule has 1 atom stereocenters. The quantitative estimate of drug-likeness (QED) is 0.787. The first-order chi connectivity index (χ1) is 10.4. The molecule has 0 aliphatic heterocycles. The van der Waals surface area contributed by atoms with E-state index in [0.717, 1.165) is 0 Å². The van der Waals surface area contributed by atoms with Crippen LogP contribution in [0.2, 0.25) is 0 Å². The predicted octanol–water partition coefficient (Wildman–Crippen LogP) is 2.83. The van der Waals surface area contributed by atoms with Gasteiger partial charge in [0.25, 0.3) is 0 Å². The van der Waals surface area contributed by atoms with Gasteiger partial charge in [-0.15, -0.1) is 5.92 Å². The van der Waals surface area contributed by atoms with E-state index in [1.54, 1.807) is 0 Å². The summed E-state index contributed by atoms with van der Waals surface area (Å²) in [4.78, 5) is 14.5. The SMILES string of the molecule is CC(C)CC(O)(C(=O)CCC#CCN(C)C)c1ccccc1. The van der Waals surface area contributed by atoms with E-state index in [4.69, 9.17) is 0 Å². The van der Waals surface area contributed by atoms with Crippen LogP contribution in [0.5, 0.6) is 0 Å². The third kappa shape index (κ3) is 5.63. The van der Waals surface area contributed by atoms with Gasteiger partial charge < -0.3 is 5.11 Å². The molecule has 1 aromatic rings. The van der Waals surface area contributed by atoms with E-state index in [9.17, 15) is 9.90 Å². The molecule has 3 nitrogen and oxygen atoms in total. The molecule has 0 aliphatic rings. The van der Waals surface area contributed by atoms with Gasteiger partial charge in [0.15, 0.2) is 5.78 Å². The maximum atomic E-state index is 12.6. The lowest BCUT2D eigenvalue weighted by Crippen LogP contribution is -2.37. The molecule has 0 saturated heterocycles. The number of hydrogen-bond donors (Lipinski definition) is 1. The molecule has 1 rings (SSSR count). The number of carbonyl (C=O) groups is 1. The lowest BCUT2D eigenvalue weighted by atomic mass is 9.81. The molecule has 0 spiro atoms. The van der Waals surface area contributed by atoms with E-state index in [1.165, 1.54) is 0 Å². The van der Waals surface area contributed by atoms with Gasteiger partial charge in [0.05, 0.1) is 6.54 Å². The molecule has 0 amide bonds. The van der Waals surface area contributed by atoms with Crippen LogP contribution in [0.25, 0.3) is 0 Å². The van der Waals surface area contributed by atoms with E-state index in [2.05, 4.69) is 11.8 Å². The smallest absolute Gasteiger partial charge is 0.169 e. The third-order valence-corrected chi connectivity index (χ3v) is 3.41. The van der Waals surface area contributed by atoms with Gasteiger partial charge in [-0.3, -0.25) is 9.69 Å². The van der Waals surface area contributed by atoms with Crippen LogP contribution < -0.4 is 0 Å². The summed E-state index contributed by atoms with van der Waals surface area (Å²) in [6.45, 7) is 4.71. The monoisotopic (exact) mass is 301 g/mol. The first-order valence-corrected chi connectivity index (χ1v) is 7.78. The highest BCUT2D eigenvalue weighted by Crippen LogP contribution is 2.31. The molecule has 0 saturated carbocycles. The average molecular weight is 301 g/mol. The Hall–Kier alpha value is -1.63. The van der Waals surface area contributed by atoms with Crippen molar-refractivity contribution in [2.75, 3.05) is 20.6 Å². The van der Waals surface area contributed by atoms with Crippen LogP contribution in [0, 0.1) is 17.8 Å². The third-order valence-electron chi connectivity index (χ3n) is 3.41. The van der Waals surface area contributed by atoms with Crippen molar-refractivity contribution < 1.29 is 9.90 Å². The topological polar surface area (TPSA) is 40.5 Å². The van der Waals surface area contributed by atoms with Crippen molar-refractivity contribution in [2.45, 2.75) is 38.7 Å². The van der Waals surface area contributed by atoms with Crippen LogP contribution in [-0.4, -0.2) is 36.4 Å². The second kappa shape index (κ2) is 8.73. The molecule has 1 N–H and O–H groups in total. The highest BCUT2D eigenvalue weighted by Gasteiger charge is 2.37. The van der Waals surface area contributed by atoms with Gasteiger partial charge >= 0.3 is 0 Å². The van der Waals surface area contributed by atoms with Gasteiger partial charge in [-0.1, -0.05) is 50.1 Å². The van der Waals surface area contributed by atoms with Crippen molar-refractivity contribution in [3.63, 3.8) is 0 Å². The second-order valence-corrected chi connectivity index (χ2v) is 6.34. The highest BCUT2D eigenvalue weighted by molar-refractivity contribution is 5.88. The number of aliphatic hydroxyl groups is 1. The van der Waals surface area contributed by atoms with Gasteiger partial charge in [-0.25, -0.2) is 0 Å². The van der Waals surface area contributed by atoms with Crippen molar-refractivity contribution in [2.24, 2.45) is 5.92 Å². The maximum Gasteiger partial charge on any atom is 0.169 e. The van der Waals surface area contributed by atoms with E-state index >= 15 is 0 Å². The Labute approximate surface area is 134 Å². The number of Topliss-reactive ketones (excluding diaryl/α,β-unsaturated/α-hetero) is 1. The van der Waals surface area contributed by atoms with Gasteiger partial charge in [-0.05, 0) is 32.0 Å². The molecule has 120 valence electrons. The Morgan fingerprint density at radius 1 is 1.23 bits per heavy atom. The summed E-state index contributed by atoms with van der Waals surface area (Å²) in [5, 5.41) is 11.0. The minimum absolute atomic E-state index is 0.147. The fourth-order valence-electron chi connectivity index (χ4n) is 2.38. The summed E-state index contributed by atoms with van der Waals surface area (Å²) in [6.07, 6.45) is 1.19. The molecular formula is C19H27NO2. The van der Waals surface area contributed by atoms with Crippen LogP contribution in [0.4, 0.5) is 0 Å². The molecule has 0 bridgehead atoms. The number of rotatable bonds is 7. The van der Waals surface area contributed by atoms with Crippen molar-refractivity contribution in [1.29, 1.82) is 0 Å². The summed E-state index contributed by atoms with van der Waals surface area (Å²) in [5.41, 5.74) is -0.728. The number of carbonyl (C=O) groups excluding carboxylic acids is 1. The van der Waals surface area contributed by atoms with Crippen molar-refractivity contribution in [3.8, 4) is 11.8 Å². The fourth-order valence-corrected chi connectivity index (χ4v) is 2.38. The Bertz CT molecular complexity index is 525. The van der Waals surface area contributed by atoms with Gasteiger partial charge in [-0.2, -0.15) is 0 Å². The molecule has 22 heavy (non-hydrogen) atoms. The molecule has 3 heteroatoms. The van der Waals surface area contributed by atoms with E-state index in [1.807, 2.05) is 63.2 Å². The Morgan fingerprint density at radius 3 is 2.41 bits per heavy atom. The van der Waals surface area contributed by atoms with Crippen LogP contribution >= 0.6 is 0 Å². The molecular weight excluding hydrogens is 274 g/mol. The standard InChI is InChI=1S/C19H27NO2/c1-16(2)15-19(22,17-11-7-5-8-12-17)18(21)13-9-6-10-14-20(3)4/h5,7-8,11-12,16,22H,9,13-15H2,1-4H3. The van der Waals surface area contributed by atoms with Crippen molar-refractivity contribution >= 4 is 5.78 Å². The minimum Gasteiger partial charge on any atom is -0.377 e. The number of hydrogen-bond acceptors (Lipinski definition) is 3. The first-order valence-electron chi connectivity index (χ1n) is 7.78. The van der Waals surface area contributed by atoms with Gasteiger partial charge in [0.2, 0.25) is 0 Å². The summed E-state index contributed by atoms with van der Waals surface area (Å²) >= 11 is 0. The molecule has 1 aromatic carbocycles. The van der Waals surface area contributed by atoms with E-state index in [-0.39, 0.29) is 18.1 Å². The van der Waals surface area contributed by atoms with Gasteiger partial charge in [0, 0.05) is 12.8 Å². The van der Waals surface area contributed by atoms with E-state index in [0.29, 0.717) is 24.9 Å². The molecule has 0 radical (unpaired) electrons. The van der Waals surface area contributed by atoms with Crippen LogP contribution in [0.1, 0.15) is 38.7 Å². The summed E-state index contributed by atoms with van der Waals surface area (Å²) < 4.78 is 0. The van der Waals surface area contributed by atoms with E-state index < -0.39 is 5.60 Å². The van der Waals surface area contributed by atoms with Crippen LogP contribution in [0.3, 0.4) is 0 Å². The number of nitrogens with zero attached hydrogens (tertiary/aromatic N) is 1. The lowest BCUT2D eigenvalue weighted by molar-refractivity contribution is -0.140. The summed E-state index contributed by atoms with van der Waals surface area (Å²) in [6, 6.07) is 9.22. The Morgan fingerprint density at radius 2 is 1.86 bits per heavy atom. The maximum absolute atomic E-state index is 12.6. The van der Waals surface area contributed by atoms with Crippen LogP contribution in [0.15, 0.2) is 30.3 Å².